The van der Waals surface area contributed by atoms with Crippen LogP contribution in [0, 0.1) is 13.8 Å². The van der Waals surface area contributed by atoms with Crippen LogP contribution in [0.2, 0.25) is 0 Å². The van der Waals surface area contributed by atoms with Crippen LogP contribution in [0.3, 0.4) is 0 Å². The second-order valence-corrected chi connectivity index (χ2v) is 11.2. The van der Waals surface area contributed by atoms with Crippen LogP contribution in [0.25, 0.3) is 10.6 Å². The Bertz CT molecular complexity index is 1460. The fraction of sp³-hybridized carbons (Fsp3) is 0.192. The van der Waals surface area contributed by atoms with Crippen molar-refractivity contribution in [3.8, 4) is 16.3 Å². The highest BCUT2D eigenvalue weighted by Gasteiger charge is 2.21. The molecular formula is C26H26N4O4S2. The Morgan fingerprint density at radius 2 is 1.61 bits per heavy atom. The monoisotopic (exact) mass is 522 g/mol. The van der Waals surface area contributed by atoms with Crippen LogP contribution in [0.1, 0.15) is 27.0 Å². The van der Waals surface area contributed by atoms with Gasteiger partial charge < -0.3 is 4.74 Å². The van der Waals surface area contributed by atoms with E-state index in [1.807, 2.05) is 56.3 Å². The van der Waals surface area contributed by atoms with Gasteiger partial charge in [0.1, 0.15) is 10.8 Å². The summed E-state index contributed by atoms with van der Waals surface area (Å²) >= 11 is 1.27. The lowest BCUT2D eigenvalue weighted by molar-refractivity contribution is 0.102. The second-order valence-electron chi connectivity index (χ2n) is 8.30. The van der Waals surface area contributed by atoms with Crippen molar-refractivity contribution in [1.29, 1.82) is 0 Å². The van der Waals surface area contributed by atoms with E-state index in [0.717, 1.165) is 28.0 Å². The standard InChI is InChI=1S/C26H26N4O4S2/c1-17-6-5-7-18(2)23(17)30(36(4,32)33)16-19-8-10-20(11-9-19)24(31)27-26-29-28-25(35-26)21-12-14-22(34-3)15-13-21/h5-15H,16H2,1-4H3,(H,27,29,31). The third kappa shape index (κ3) is 5.72. The zero-order chi connectivity index (χ0) is 25.9. The van der Waals surface area contributed by atoms with Crippen LogP contribution in [0.15, 0.2) is 66.7 Å². The van der Waals surface area contributed by atoms with E-state index in [4.69, 9.17) is 4.74 Å². The van der Waals surface area contributed by atoms with Crippen LogP contribution in [0.5, 0.6) is 5.75 Å². The number of hydrogen-bond acceptors (Lipinski definition) is 7. The van der Waals surface area contributed by atoms with Crippen molar-refractivity contribution in [2.24, 2.45) is 0 Å². The first-order valence-electron chi connectivity index (χ1n) is 11.1. The quantitative estimate of drug-likeness (QED) is 0.348. The minimum Gasteiger partial charge on any atom is -0.497 e. The molecule has 0 unspecified atom stereocenters. The van der Waals surface area contributed by atoms with E-state index in [-0.39, 0.29) is 12.5 Å². The Labute approximate surface area is 214 Å². The van der Waals surface area contributed by atoms with Gasteiger partial charge in [-0.3, -0.25) is 14.4 Å². The Hall–Kier alpha value is -3.76. The maximum absolute atomic E-state index is 12.8. The molecule has 0 aliphatic heterocycles. The van der Waals surface area contributed by atoms with Crippen LogP contribution >= 0.6 is 11.3 Å². The molecule has 4 rings (SSSR count). The summed E-state index contributed by atoms with van der Waals surface area (Å²) in [5, 5.41) is 12.0. The number of aryl methyl sites for hydroxylation is 2. The highest BCUT2D eigenvalue weighted by molar-refractivity contribution is 7.92. The number of para-hydroxylation sites is 1. The van der Waals surface area contributed by atoms with E-state index in [1.165, 1.54) is 21.9 Å². The Kier molecular flexibility index (Phi) is 7.37. The van der Waals surface area contributed by atoms with Gasteiger partial charge in [0, 0.05) is 11.1 Å². The summed E-state index contributed by atoms with van der Waals surface area (Å²) in [4.78, 5) is 12.8. The number of hydrogen-bond donors (Lipinski definition) is 1. The lowest BCUT2D eigenvalue weighted by Crippen LogP contribution is -2.30. The molecule has 0 spiro atoms. The molecule has 0 aliphatic rings. The molecule has 0 saturated heterocycles. The maximum Gasteiger partial charge on any atom is 0.257 e. The number of benzene rings is 3. The molecule has 186 valence electrons. The molecule has 1 amide bonds. The molecule has 0 aliphatic carbocycles. The van der Waals surface area contributed by atoms with E-state index in [9.17, 15) is 13.2 Å². The van der Waals surface area contributed by atoms with Gasteiger partial charge in [0.15, 0.2) is 0 Å². The van der Waals surface area contributed by atoms with Crippen molar-refractivity contribution in [2.45, 2.75) is 20.4 Å². The van der Waals surface area contributed by atoms with Crippen LogP contribution < -0.4 is 14.4 Å². The number of rotatable bonds is 8. The van der Waals surface area contributed by atoms with Crippen LogP contribution in [-0.4, -0.2) is 37.9 Å². The molecule has 1 heterocycles. The van der Waals surface area contributed by atoms with Gasteiger partial charge in [-0.25, -0.2) is 8.42 Å². The first kappa shape index (κ1) is 25.3. The SMILES string of the molecule is COc1ccc(-c2nnc(NC(=O)c3ccc(CN(c4c(C)cccc4C)S(C)(=O)=O)cc3)s2)cc1. The molecule has 0 saturated carbocycles. The summed E-state index contributed by atoms with van der Waals surface area (Å²) in [6.07, 6.45) is 1.20. The largest absolute Gasteiger partial charge is 0.497 e. The van der Waals surface area contributed by atoms with Gasteiger partial charge in [-0.2, -0.15) is 0 Å². The van der Waals surface area contributed by atoms with Crippen molar-refractivity contribution >= 4 is 38.1 Å². The summed E-state index contributed by atoms with van der Waals surface area (Å²) in [5.74, 6) is 0.419. The molecule has 10 heteroatoms. The average molecular weight is 523 g/mol. The number of anilines is 2. The van der Waals surface area contributed by atoms with E-state index < -0.39 is 10.0 Å². The fourth-order valence-electron chi connectivity index (χ4n) is 3.78. The Morgan fingerprint density at radius 3 is 2.19 bits per heavy atom. The van der Waals surface area contributed by atoms with Gasteiger partial charge >= 0.3 is 0 Å². The van der Waals surface area contributed by atoms with Gasteiger partial charge in [-0.1, -0.05) is 41.7 Å². The lowest BCUT2D eigenvalue weighted by Gasteiger charge is -2.26. The number of carbonyl (C=O) groups is 1. The predicted molar refractivity (Wildman–Crippen MR) is 143 cm³/mol. The number of aromatic nitrogens is 2. The fourth-order valence-corrected chi connectivity index (χ4v) is 5.53. The summed E-state index contributed by atoms with van der Waals surface area (Å²) in [5.41, 5.74) is 4.49. The van der Waals surface area contributed by atoms with Gasteiger partial charge in [0.2, 0.25) is 15.2 Å². The minimum atomic E-state index is -3.52. The number of sulfonamides is 1. The van der Waals surface area contributed by atoms with E-state index in [2.05, 4.69) is 15.5 Å². The highest BCUT2D eigenvalue weighted by Crippen LogP contribution is 2.29. The van der Waals surface area contributed by atoms with Crippen molar-refractivity contribution in [1.82, 2.24) is 10.2 Å². The number of ether oxygens (including phenoxy) is 1. The van der Waals surface area contributed by atoms with E-state index in [0.29, 0.717) is 21.4 Å². The Morgan fingerprint density at radius 1 is 0.972 bits per heavy atom. The average Bonchev–Trinajstić information content (AvgIpc) is 3.31. The zero-order valence-corrected chi connectivity index (χ0v) is 22.0. The molecule has 1 N–H and O–H groups in total. The normalized spacial score (nSPS) is 11.2. The third-order valence-corrected chi connectivity index (χ3v) is 7.61. The molecule has 4 aromatic rings. The first-order valence-corrected chi connectivity index (χ1v) is 13.7. The minimum absolute atomic E-state index is 0.161. The van der Waals surface area contributed by atoms with Crippen molar-refractivity contribution < 1.29 is 17.9 Å². The van der Waals surface area contributed by atoms with Crippen molar-refractivity contribution in [3.05, 3.63) is 89.0 Å². The van der Waals surface area contributed by atoms with Crippen LogP contribution in [-0.2, 0) is 16.6 Å². The predicted octanol–water partition coefficient (Wildman–Crippen LogP) is 5.05. The summed E-state index contributed by atoms with van der Waals surface area (Å²) in [6.45, 7) is 3.94. The molecule has 8 nitrogen and oxygen atoms in total. The molecular weight excluding hydrogens is 496 g/mol. The smallest absolute Gasteiger partial charge is 0.257 e. The molecule has 1 aromatic heterocycles. The van der Waals surface area contributed by atoms with Gasteiger partial charge in [0.25, 0.3) is 5.91 Å². The summed E-state index contributed by atoms with van der Waals surface area (Å²) < 4.78 is 31.8. The second kappa shape index (κ2) is 10.5. The molecule has 0 radical (unpaired) electrons. The number of amides is 1. The molecule has 36 heavy (non-hydrogen) atoms. The topological polar surface area (TPSA) is 101 Å². The molecule has 0 atom stereocenters. The molecule has 3 aromatic carbocycles. The first-order chi connectivity index (χ1) is 17.2. The molecule has 0 fully saturated rings. The number of nitrogens with zero attached hydrogens (tertiary/aromatic N) is 3. The van der Waals surface area contributed by atoms with Gasteiger partial charge in [-0.15, -0.1) is 10.2 Å². The lowest BCUT2D eigenvalue weighted by atomic mass is 10.1. The van der Waals surface area contributed by atoms with Gasteiger partial charge in [-0.05, 0) is 66.9 Å². The van der Waals surface area contributed by atoms with Gasteiger partial charge in [0.05, 0.1) is 25.6 Å². The Balaban J connectivity index is 1.47. The zero-order valence-electron chi connectivity index (χ0n) is 20.3. The van der Waals surface area contributed by atoms with E-state index >= 15 is 0 Å². The maximum atomic E-state index is 12.8. The number of carbonyl (C=O) groups excluding carboxylic acids is 1. The van der Waals surface area contributed by atoms with Crippen LogP contribution in [0.4, 0.5) is 10.8 Å². The van der Waals surface area contributed by atoms with E-state index in [1.54, 1.807) is 31.4 Å². The third-order valence-electron chi connectivity index (χ3n) is 5.61. The van der Waals surface area contributed by atoms with Crippen molar-refractivity contribution in [2.75, 3.05) is 23.0 Å². The number of nitrogens with one attached hydrogen (secondary N) is 1. The highest BCUT2D eigenvalue weighted by atomic mass is 32.2. The number of methoxy groups -OCH3 is 1. The molecule has 0 bridgehead atoms. The summed E-state index contributed by atoms with van der Waals surface area (Å²) in [7, 11) is -1.92. The summed E-state index contributed by atoms with van der Waals surface area (Å²) in [6, 6.07) is 20.0. The van der Waals surface area contributed by atoms with Crippen molar-refractivity contribution in [3.63, 3.8) is 0 Å².